The van der Waals surface area contributed by atoms with E-state index in [1.54, 1.807) is 18.2 Å². The van der Waals surface area contributed by atoms with E-state index in [2.05, 4.69) is 10.3 Å². The largest absolute Gasteiger partial charge is 0.378 e. The van der Waals surface area contributed by atoms with Gasteiger partial charge in [-0.2, -0.15) is 0 Å². The lowest BCUT2D eigenvalue weighted by Gasteiger charge is -2.09. The molecule has 2 heterocycles. The Balaban J connectivity index is 1.72. The summed E-state index contributed by atoms with van der Waals surface area (Å²) in [4.78, 5) is 26.5. The minimum absolute atomic E-state index is 0.0110. The molecule has 1 saturated heterocycles. The molecule has 1 atom stereocenters. The second-order valence-corrected chi connectivity index (χ2v) is 5.22. The molecule has 0 aliphatic carbocycles. The molecule has 0 saturated carbocycles. The highest BCUT2D eigenvalue weighted by Crippen LogP contribution is 2.21. The molecular formula is C15H15N3O4. The zero-order valence-electron chi connectivity index (χ0n) is 11.8. The molecule has 1 aliphatic heterocycles. The molecule has 1 N–H and O–H groups in total. The van der Waals surface area contributed by atoms with E-state index in [-0.39, 0.29) is 17.7 Å². The number of non-ortho nitro benzene ring substituents is 1. The third-order valence-electron chi connectivity index (χ3n) is 3.59. The second kappa shape index (κ2) is 6.07. The molecule has 3 rings (SSSR count). The van der Waals surface area contributed by atoms with Crippen molar-refractivity contribution in [3.8, 4) is 0 Å². The topological polar surface area (TPSA) is 94.4 Å². The van der Waals surface area contributed by atoms with E-state index >= 15 is 0 Å². The van der Waals surface area contributed by atoms with Crippen molar-refractivity contribution >= 4 is 28.3 Å². The number of carbonyl (C=O) groups excluding carboxylic acids is 1. The highest BCUT2D eigenvalue weighted by atomic mass is 16.6. The predicted molar refractivity (Wildman–Crippen MR) is 80.6 cm³/mol. The molecule has 22 heavy (non-hydrogen) atoms. The van der Waals surface area contributed by atoms with Crippen molar-refractivity contribution in [3.63, 3.8) is 0 Å². The molecule has 1 aliphatic rings. The fourth-order valence-corrected chi connectivity index (χ4v) is 2.50. The lowest BCUT2D eigenvalue weighted by Crippen LogP contribution is -2.19. The summed E-state index contributed by atoms with van der Waals surface area (Å²) >= 11 is 0. The molecule has 1 fully saturated rings. The van der Waals surface area contributed by atoms with Gasteiger partial charge in [0.15, 0.2) is 0 Å². The van der Waals surface area contributed by atoms with Crippen LogP contribution < -0.4 is 5.32 Å². The second-order valence-electron chi connectivity index (χ2n) is 5.22. The number of ether oxygens (including phenoxy) is 1. The van der Waals surface area contributed by atoms with Gasteiger partial charge in [-0.05, 0) is 31.0 Å². The van der Waals surface area contributed by atoms with Gasteiger partial charge in [0.05, 0.1) is 23.0 Å². The van der Waals surface area contributed by atoms with Crippen molar-refractivity contribution in [2.24, 2.45) is 0 Å². The average Bonchev–Trinajstić information content (AvgIpc) is 2.99. The van der Waals surface area contributed by atoms with Crippen LogP contribution in [0.3, 0.4) is 0 Å². The first-order chi connectivity index (χ1) is 10.6. The lowest BCUT2D eigenvalue weighted by atomic mass is 10.1. The van der Waals surface area contributed by atoms with Crippen LogP contribution in [0.15, 0.2) is 30.3 Å². The maximum Gasteiger partial charge on any atom is 0.270 e. The quantitative estimate of drug-likeness (QED) is 0.692. The van der Waals surface area contributed by atoms with E-state index in [1.807, 2.05) is 0 Å². The zero-order chi connectivity index (χ0) is 15.5. The molecule has 0 radical (unpaired) electrons. The first-order valence-electron chi connectivity index (χ1n) is 7.08. The fraction of sp³-hybridized carbons (Fsp3) is 0.333. The van der Waals surface area contributed by atoms with E-state index < -0.39 is 4.92 Å². The van der Waals surface area contributed by atoms with Crippen LogP contribution in [0.5, 0.6) is 0 Å². The Bertz CT molecular complexity index is 726. The minimum atomic E-state index is -0.448. The normalized spacial score (nSPS) is 17.5. The monoisotopic (exact) mass is 301 g/mol. The minimum Gasteiger partial charge on any atom is -0.378 e. The fourth-order valence-electron chi connectivity index (χ4n) is 2.50. The van der Waals surface area contributed by atoms with E-state index in [1.165, 1.54) is 12.1 Å². The summed E-state index contributed by atoms with van der Waals surface area (Å²) in [5, 5.41) is 14.1. The summed E-state index contributed by atoms with van der Waals surface area (Å²) in [5.41, 5.74) is 0.616. The van der Waals surface area contributed by atoms with Gasteiger partial charge in [-0.3, -0.25) is 14.9 Å². The van der Waals surface area contributed by atoms with Gasteiger partial charge in [0, 0.05) is 24.1 Å². The number of carbonyl (C=O) groups is 1. The molecule has 7 nitrogen and oxygen atoms in total. The molecule has 0 unspecified atom stereocenters. The van der Waals surface area contributed by atoms with Gasteiger partial charge < -0.3 is 10.1 Å². The Hall–Kier alpha value is -2.54. The van der Waals surface area contributed by atoms with Crippen molar-refractivity contribution in [2.75, 3.05) is 11.9 Å². The number of aromatic nitrogens is 1. The van der Waals surface area contributed by atoms with Crippen LogP contribution in [0.4, 0.5) is 11.5 Å². The zero-order valence-corrected chi connectivity index (χ0v) is 11.8. The number of fused-ring (bicyclic) bond motifs is 1. The average molecular weight is 301 g/mol. The van der Waals surface area contributed by atoms with Crippen LogP contribution in [0, 0.1) is 10.1 Å². The Kier molecular flexibility index (Phi) is 3.97. The van der Waals surface area contributed by atoms with Gasteiger partial charge >= 0.3 is 0 Å². The first kappa shape index (κ1) is 14.4. The molecule has 7 heteroatoms. The lowest BCUT2D eigenvalue weighted by molar-refractivity contribution is -0.384. The van der Waals surface area contributed by atoms with Crippen LogP contribution in [-0.4, -0.2) is 28.5 Å². The molecular weight excluding hydrogens is 286 g/mol. The number of nitro groups is 1. The number of nitro benzene ring substituents is 1. The standard InChI is InChI=1S/C15H15N3O4/c19-15(9-12-2-1-7-22-12)17-14-6-3-10-8-11(18(20)21)4-5-13(10)16-14/h3-6,8,12H,1-2,7,9H2,(H,16,17,19)/t12-/m1/s1. The van der Waals surface area contributed by atoms with Gasteiger partial charge in [-0.1, -0.05) is 0 Å². The summed E-state index contributed by atoms with van der Waals surface area (Å²) in [6.07, 6.45) is 2.20. The van der Waals surface area contributed by atoms with E-state index in [0.717, 1.165) is 12.8 Å². The van der Waals surface area contributed by atoms with Crippen molar-refractivity contribution in [1.29, 1.82) is 0 Å². The Morgan fingerprint density at radius 1 is 1.41 bits per heavy atom. The Morgan fingerprint density at radius 3 is 3.00 bits per heavy atom. The molecule has 0 spiro atoms. The van der Waals surface area contributed by atoms with Gasteiger partial charge in [0.1, 0.15) is 5.82 Å². The van der Waals surface area contributed by atoms with Gasteiger partial charge in [0.2, 0.25) is 5.91 Å². The van der Waals surface area contributed by atoms with E-state index in [0.29, 0.717) is 29.7 Å². The van der Waals surface area contributed by atoms with Crippen LogP contribution in [-0.2, 0) is 9.53 Å². The Morgan fingerprint density at radius 2 is 2.27 bits per heavy atom. The van der Waals surface area contributed by atoms with Gasteiger partial charge in [-0.25, -0.2) is 4.98 Å². The highest BCUT2D eigenvalue weighted by Gasteiger charge is 2.19. The molecule has 1 amide bonds. The van der Waals surface area contributed by atoms with Crippen LogP contribution >= 0.6 is 0 Å². The van der Waals surface area contributed by atoms with Crippen LogP contribution in [0.2, 0.25) is 0 Å². The number of nitrogens with zero attached hydrogens (tertiary/aromatic N) is 2. The number of pyridine rings is 1. The van der Waals surface area contributed by atoms with E-state index in [9.17, 15) is 14.9 Å². The van der Waals surface area contributed by atoms with Crippen molar-refractivity contribution in [3.05, 3.63) is 40.4 Å². The van der Waals surface area contributed by atoms with Crippen LogP contribution in [0.1, 0.15) is 19.3 Å². The third-order valence-corrected chi connectivity index (χ3v) is 3.59. The molecule has 1 aromatic heterocycles. The highest BCUT2D eigenvalue weighted by molar-refractivity contribution is 5.92. The van der Waals surface area contributed by atoms with Crippen LogP contribution in [0.25, 0.3) is 10.9 Å². The molecule has 2 aromatic rings. The predicted octanol–water partition coefficient (Wildman–Crippen LogP) is 2.65. The summed E-state index contributed by atoms with van der Waals surface area (Å²) in [5.74, 6) is 0.296. The summed E-state index contributed by atoms with van der Waals surface area (Å²) in [7, 11) is 0. The molecule has 1 aromatic carbocycles. The Labute approximate surface area is 126 Å². The molecule has 114 valence electrons. The van der Waals surface area contributed by atoms with Crippen molar-refractivity contribution < 1.29 is 14.5 Å². The van der Waals surface area contributed by atoms with Crippen molar-refractivity contribution in [1.82, 2.24) is 4.98 Å². The third kappa shape index (κ3) is 3.20. The van der Waals surface area contributed by atoms with Gasteiger partial charge in [-0.15, -0.1) is 0 Å². The smallest absolute Gasteiger partial charge is 0.270 e. The summed E-state index contributed by atoms with van der Waals surface area (Å²) in [6.45, 7) is 0.713. The maximum absolute atomic E-state index is 11.9. The number of amides is 1. The maximum atomic E-state index is 11.9. The van der Waals surface area contributed by atoms with Crippen molar-refractivity contribution in [2.45, 2.75) is 25.4 Å². The number of nitrogens with one attached hydrogen (secondary N) is 1. The van der Waals surface area contributed by atoms with E-state index in [4.69, 9.17) is 4.74 Å². The molecule has 0 bridgehead atoms. The van der Waals surface area contributed by atoms with Gasteiger partial charge in [0.25, 0.3) is 5.69 Å². The number of benzene rings is 1. The SMILES string of the molecule is O=C(C[C@H]1CCCO1)Nc1ccc2cc([N+](=O)[O-])ccc2n1. The number of hydrogen-bond acceptors (Lipinski definition) is 5. The first-order valence-corrected chi connectivity index (χ1v) is 7.08. The summed E-state index contributed by atoms with van der Waals surface area (Å²) < 4.78 is 5.42. The number of rotatable bonds is 4. The summed E-state index contributed by atoms with van der Waals surface area (Å²) in [6, 6.07) is 7.77. The number of anilines is 1. The number of hydrogen-bond donors (Lipinski definition) is 1.